The summed E-state index contributed by atoms with van der Waals surface area (Å²) in [6, 6.07) is 7.41. The van der Waals surface area contributed by atoms with E-state index in [0.717, 1.165) is 9.13 Å². The van der Waals surface area contributed by atoms with Crippen LogP contribution in [-0.4, -0.2) is 22.9 Å². The maximum Gasteiger partial charge on any atom is 0.337 e. The van der Waals surface area contributed by atoms with E-state index in [4.69, 9.17) is 0 Å². The standard InChI is InChI=1S/C12H11IN2O2/c1-17-12(16)9-3-4-10(11(13)7-9)8-15-6-2-5-14-15/h2-7H,8H2,1H3. The number of ether oxygens (including phenoxy) is 1. The predicted octanol–water partition coefficient (Wildman–Crippen LogP) is 2.32. The number of aromatic nitrogens is 2. The first-order valence-electron chi connectivity index (χ1n) is 5.05. The quantitative estimate of drug-likeness (QED) is 0.635. The lowest BCUT2D eigenvalue weighted by Gasteiger charge is -2.06. The molecule has 5 heteroatoms. The minimum atomic E-state index is -0.312. The molecule has 1 aromatic heterocycles. The summed E-state index contributed by atoms with van der Waals surface area (Å²) in [5, 5.41) is 4.15. The Morgan fingerprint density at radius 2 is 2.35 bits per heavy atom. The Hall–Kier alpha value is -1.37. The summed E-state index contributed by atoms with van der Waals surface area (Å²) in [5.41, 5.74) is 1.70. The minimum absolute atomic E-state index is 0.312. The molecule has 17 heavy (non-hydrogen) atoms. The molecule has 0 unspecified atom stereocenters. The fourth-order valence-electron chi connectivity index (χ4n) is 1.49. The molecule has 0 radical (unpaired) electrons. The molecule has 1 aromatic carbocycles. The normalized spacial score (nSPS) is 10.2. The van der Waals surface area contributed by atoms with Gasteiger partial charge in [0.2, 0.25) is 0 Å². The number of methoxy groups -OCH3 is 1. The Morgan fingerprint density at radius 3 is 2.94 bits per heavy atom. The van der Waals surface area contributed by atoms with Gasteiger partial charge < -0.3 is 4.74 Å². The van der Waals surface area contributed by atoms with Gasteiger partial charge in [0.05, 0.1) is 19.2 Å². The lowest BCUT2D eigenvalue weighted by molar-refractivity contribution is 0.0600. The summed E-state index contributed by atoms with van der Waals surface area (Å²) in [6.45, 7) is 0.701. The summed E-state index contributed by atoms with van der Waals surface area (Å²) < 4.78 is 7.55. The molecule has 2 aromatic rings. The second-order valence-electron chi connectivity index (χ2n) is 3.50. The molecule has 0 saturated heterocycles. The number of hydrogen-bond acceptors (Lipinski definition) is 3. The van der Waals surface area contributed by atoms with Crippen LogP contribution >= 0.6 is 22.6 Å². The van der Waals surface area contributed by atoms with E-state index >= 15 is 0 Å². The fraction of sp³-hybridized carbons (Fsp3) is 0.167. The number of carbonyl (C=O) groups excluding carboxylic acids is 1. The Kier molecular flexibility index (Phi) is 3.78. The average Bonchev–Trinajstić information content (AvgIpc) is 2.83. The van der Waals surface area contributed by atoms with Crippen molar-refractivity contribution in [2.75, 3.05) is 7.11 Å². The second-order valence-corrected chi connectivity index (χ2v) is 4.66. The summed E-state index contributed by atoms with van der Waals surface area (Å²) in [5.74, 6) is -0.312. The van der Waals surface area contributed by atoms with Crippen LogP contribution in [0.15, 0.2) is 36.7 Å². The number of hydrogen-bond donors (Lipinski definition) is 0. The van der Waals surface area contributed by atoms with Gasteiger partial charge in [0.1, 0.15) is 0 Å². The molecule has 0 atom stereocenters. The molecule has 0 aliphatic carbocycles. The van der Waals surface area contributed by atoms with Gasteiger partial charge in [-0.05, 0) is 46.4 Å². The van der Waals surface area contributed by atoms with Crippen molar-refractivity contribution in [1.82, 2.24) is 9.78 Å². The summed E-state index contributed by atoms with van der Waals surface area (Å²) in [7, 11) is 1.38. The first-order valence-corrected chi connectivity index (χ1v) is 6.13. The Labute approximate surface area is 113 Å². The van der Waals surface area contributed by atoms with Crippen molar-refractivity contribution in [1.29, 1.82) is 0 Å². The molecule has 0 bridgehead atoms. The average molecular weight is 342 g/mol. The van der Waals surface area contributed by atoms with Crippen LogP contribution < -0.4 is 0 Å². The smallest absolute Gasteiger partial charge is 0.337 e. The Balaban J connectivity index is 2.23. The third-order valence-corrected chi connectivity index (χ3v) is 3.37. The molecule has 2 rings (SSSR count). The van der Waals surface area contributed by atoms with Crippen molar-refractivity contribution < 1.29 is 9.53 Å². The van der Waals surface area contributed by atoms with Crippen LogP contribution in [0.3, 0.4) is 0 Å². The van der Waals surface area contributed by atoms with E-state index in [1.54, 1.807) is 12.3 Å². The lowest BCUT2D eigenvalue weighted by Crippen LogP contribution is -2.05. The van der Waals surface area contributed by atoms with E-state index in [1.807, 2.05) is 29.1 Å². The highest BCUT2D eigenvalue weighted by Crippen LogP contribution is 2.16. The van der Waals surface area contributed by atoms with Crippen LogP contribution in [0.25, 0.3) is 0 Å². The number of rotatable bonds is 3. The van der Waals surface area contributed by atoms with E-state index in [0.29, 0.717) is 12.1 Å². The van der Waals surface area contributed by atoms with Gasteiger partial charge in [-0.1, -0.05) is 6.07 Å². The van der Waals surface area contributed by atoms with Crippen LogP contribution in [0.5, 0.6) is 0 Å². The molecule has 0 aliphatic heterocycles. The maximum absolute atomic E-state index is 11.4. The highest BCUT2D eigenvalue weighted by atomic mass is 127. The number of halogens is 1. The zero-order valence-corrected chi connectivity index (χ0v) is 11.4. The lowest BCUT2D eigenvalue weighted by atomic mass is 10.1. The molecule has 88 valence electrons. The van der Waals surface area contributed by atoms with Gasteiger partial charge in [-0.25, -0.2) is 4.79 Å². The van der Waals surface area contributed by atoms with E-state index in [2.05, 4.69) is 32.4 Å². The molecular formula is C12H11IN2O2. The Morgan fingerprint density at radius 1 is 1.53 bits per heavy atom. The van der Waals surface area contributed by atoms with Crippen molar-refractivity contribution >= 4 is 28.6 Å². The second kappa shape index (κ2) is 5.31. The zero-order valence-electron chi connectivity index (χ0n) is 9.26. The number of benzene rings is 1. The summed E-state index contributed by atoms with van der Waals surface area (Å²) >= 11 is 2.21. The van der Waals surface area contributed by atoms with Crippen molar-refractivity contribution in [3.8, 4) is 0 Å². The monoisotopic (exact) mass is 342 g/mol. The van der Waals surface area contributed by atoms with Gasteiger partial charge in [0.15, 0.2) is 0 Å². The van der Waals surface area contributed by atoms with Crippen LogP contribution in [0.2, 0.25) is 0 Å². The minimum Gasteiger partial charge on any atom is -0.465 e. The first-order chi connectivity index (χ1) is 8.20. The van der Waals surface area contributed by atoms with Gasteiger partial charge in [-0.2, -0.15) is 5.10 Å². The van der Waals surface area contributed by atoms with Gasteiger partial charge in [-0.15, -0.1) is 0 Å². The van der Waals surface area contributed by atoms with Gasteiger partial charge in [0.25, 0.3) is 0 Å². The highest BCUT2D eigenvalue weighted by Gasteiger charge is 2.08. The van der Waals surface area contributed by atoms with Gasteiger partial charge >= 0.3 is 5.97 Å². The molecule has 1 heterocycles. The SMILES string of the molecule is COC(=O)c1ccc(Cn2cccn2)c(I)c1. The third-order valence-electron chi connectivity index (χ3n) is 2.37. The fourth-order valence-corrected chi connectivity index (χ4v) is 2.17. The van der Waals surface area contributed by atoms with Crippen LogP contribution in [0.4, 0.5) is 0 Å². The van der Waals surface area contributed by atoms with E-state index < -0.39 is 0 Å². The van der Waals surface area contributed by atoms with Crippen LogP contribution in [-0.2, 0) is 11.3 Å². The van der Waals surface area contributed by atoms with Gasteiger partial charge in [-0.3, -0.25) is 4.68 Å². The third kappa shape index (κ3) is 2.85. The molecule has 0 amide bonds. The predicted molar refractivity (Wildman–Crippen MR) is 71.8 cm³/mol. The summed E-state index contributed by atoms with van der Waals surface area (Å²) in [4.78, 5) is 11.4. The largest absolute Gasteiger partial charge is 0.465 e. The molecule has 0 saturated carbocycles. The van der Waals surface area contributed by atoms with Gasteiger partial charge in [0, 0.05) is 16.0 Å². The van der Waals surface area contributed by atoms with Crippen molar-refractivity contribution in [3.05, 3.63) is 51.4 Å². The highest BCUT2D eigenvalue weighted by molar-refractivity contribution is 14.1. The van der Waals surface area contributed by atoms with Crippen molar-refractivity contribution in [2.45, 2.75) is 6.54 Å². The number of nitrogens with zero attached hydrogens (tertiary/aromatic N) is 2. The molecule has 0 fully saturated rings. The van der Waals surface area contributed by atoms with Crippen molar-refractivity contribution in [2.24, 2.45) is 0 Å². The van der Waals surface area contributed by atoms with E-state index in [-0.39, 0.29) is 5.97 Å². The molecule has 0 N–H and O–H groups in total. The van der Waals surface area contributed by atoms with Crippen LogP contribution in [0.1, 0.15) is 15.9 Å². The number of carbonyl (C=O) groups is 1. The molecule has 0 aliphatic rings. The van der Waals surface area contributed by atoms with E-state index in [1.165, 1.54) is 7.11 Å². The summed E-state index contributed by atoms with van der Waals surface area (Å²) in [6.07, 6.45) is 3.65. The molecular weight excluding hydrogens is 331 g/mol. The molecule has 0 spiro atoms. The maximum atomic E-state index is 11.4. The zero-order chi connectivity index (χ0) is 12.3. The first kappa shape index (κ1) is 12.1. The topological polar surface area (TPSA) is 44.1 Å². The van der Waals surface area contributed by atoms with E-state index in [9.17, 15) is 4.79 Å². The molecule has 4 nitrogen and oxygen atoms in total. The van der Waals surface area contributed by atoms with Crippen molar-refractivity contribution in [3.63, 3.8) is 0 Å². The van der Waals surface area contributed by atoms with Crippen LogP contribution in [0, 0.1) is 3.57 Å². The Bertz CT molecular complexity index is 523. The number of esters is 1.